The Hall–Kier alpha value is -0.340. The molecule has 0 aromatic carbocycles. The highest BCUT2D eigenvalue weighted by Gasteiger charge is 2.70. The topological polar surface area (TPSA) is 21.8 Å². The van der Waals surface area contributed by atoms with Crippen molar-refractivity contribution in [2.75, 3.05) is 6.61 Å². The van der Waals surface area contributed by atoms with Gasteiger partial charge >= 0.3 is 0 Å². The van der Waals surface area contributed by atoms with E-state index >= 15 is 0 Å². The smallest absolute Gasteiger partial charge is 0.0900 e. The third-order valence-corrected chi connectivity index (χ3v) is 5.19. The third-order valence-electron chi connectivity index (χ3n) is 5.19. The molecule has 0 radical (unpaired) electrons. The molecule has 6 unspecified atom stereocenters. The van der Waals surface area contributed by atoms with Crippen molar-refractivity contribution >= 4 is 0 Å². The molecule has 6 atom stereocenters. The Bertz CT molecular complexity index is 314. The molecule has 2 heteroatoms. The van der Waals surface area contributed by atoms with Crippen LogP contribution in [0.15, 0.2) is 12.7 Å². The van der Waals surface area contributed by atoms with Crippen LogP contribution in [0.3, 0.4) is 0 Å². The Balaban J connectivity index is 1.64. The molecule has 3 saturated carbocycles. The van der Waals surface area contributed by atoms with Crippen LogP contribution in [0.2, 0.25) is 0 Å². The van der Waals surface area contributed by atoms with E-state index < -0.39 is 0 Å². The van der Waals surface area contributed by atoms with Crippen LogP contribution in [0.5, 0.6) is 0 Å². The lowest BCUT2D eigenvalue weighted by molar-refractivity contribution is -0.0776. The monoisotopic (exact) mass is 206 g/mol. The number of hydrogen-bond donors (Lipinski definition) is 0. The van der Waals surface area contributed by atoms with E-state index in [1.165, 1.54) is 25.7 Å². The average Bonchev–Trinajstić information content (AvgIpc) is 2.67. The SMILES string of the molecule is C=CCOC12CCC(C1)C1CC3OC3C12. The van der Waals surface area contributed by atoms with Crippen molar-refractivity contribution < 1.29 is 9.47 Å². The second-order valence-electron chi connectivity index (χ2n) is 5.73. The predicted octanol–water partition coefficient (Wildman–Crippen LogP) is 2.15. The Morgan fingerprint density at radius 1 is 1.53 bits per heavy atom. The number of epoxide rings is 1. The van der Waals surface area contributed by atoms with Crippen LogP contribution in [-0.2, 0) is 9.47 Å². The largest absolute Gasteiger partial charge is 0.371 e. The van der Waals surface area contributed by atoms with Crippen molar-refractivity contribution in [2.45, 2.75) is 43.5 Å². The summed E-state index contributed by atoms with van der Waals surface area (Å²) >= 11 is 0. The van der Waals surface area contributed by atoms with Gasteiger partial charge in [-0.05, 0) is 37.5 Å². The maximum absolute atomic E-state index is 6.14. The van der Waals surface area contributed by atoms with Crippen molar-refractivity contribution in [3.8, 4) is 0 Å². The molecule has 4 rings (SSSR count). The maximum Gasteiger partial charge on any atom is 0.0900 e. The van der Waals surface area contributed by atoms with Crippen LogP contribution >= 0.6 is 0 Å². The maximum atomic E-state index is 6.14. The normalized spacial score (nSPS) is 59.1. The predicted molar refractivity (Wildman–Crippen MR) is 56.5 cm³/mol. The molecule has 1 aliphatic heterocycles. The summed E-state index contributed by atoms with van der Waals surface area (Å²) in [7, 11) is 0. The molecule has 82 valence electrons. The summed E-state index contributed by atoms with van der Waals surface area (Å²) in [5.74, 6) is 2.59. The van der Waals surface area contributed by atoms with Gasteiger partial charge in [-0.25, -0.2) is 0 Å². The van der Waals surface area contributed by atoms with Gasteiger partial charge in [0.15, 0.2) is 0 Å². The van der Waals surface area contributed by atoms with E-state index in [1.54, 1.807) is 0 Å². The Morgan fingerprint density at radius 2 is 2.47 bits per heavy atom. The Morgan fingerprint density at radius 3 is 3.33 bits per heavy atom. The van der Waals surface area contributed by atoms with Gasteiger partial charge in [-0.15, -0.1) is 6.58 Å². The highest BCUT2D eigenvalue weighted by molar-refractivity contribution is 5.19. The number of hydrogen-bond acceptors (Lipinski definition) is 2. The van der Waals surface area contributed by atoms with Crippen molar-refractivity contribution in [1.82, 2.24) is 0 Å². The fourth-order valence-corrected chi connectivity index (χ4v) is 4.69. The van der Waals surface area contributed by atoms with E-state index in [1.807, 2.05) is 6.08 Å². The van der Waals surface area contributed by atoms with Crippen LogP contribution in [0.4, 0.5) is 0 Å². The van der Waals surface area contributed by atoms with Crippen molar-refractivity contribution in [2.24, 2.45) is 17.8 Å². The zero-order chi connectivity index (χ0) is 10.0. The summed E-state index contributed by atoms with van der Waals surface area (Å²) in [5, 5.41) is 0. The van der Waals surface area contributed by atoms with Crippen LogP contribution in [0.1, 0.15) is 25.7 Å². The zero-order valence-electron chi connectivity index (χ0n) is 9.02. The highest BCUT2D eigenvalue weighted by atomic mass is 16.6. The first-order valence-electron chi connectivity index (χ1n) is 6.24. The molecule has 2 bridgehead atoms. The molecule has 0 aromatic rings. The van der Waals surface area contributed by atoms with E-state index in [2.05, 4.69) is 6.58 Å². The average molecular weight is 206 g/mol. The molecule has 0 amide bonds. The first-order chi connectivity index (χ1) is 7.34. The van der Waals surface area contributed by atoms with E-state index in [0.717, 1.165) is 17.8 Å². The van der Waals surface area contributed by atoms with E-state index in [9.17, 15) is 0 Å². The molecule has 4 fully saturated rings. The van der Waals surface area contributed by atoms with Crippen LogP contribution in [0.25, 0.3) is 0 Å². The van der Waals surface area contributed by atoms with Gasteiger partial charge in [-0.3, -0.25) is 0 Å². The fourth-order valence-electron chi connectivity index (χ4n) is 4.69. The third kappa shape index (κ3) is 0.974. The molecule has 2 nitrogen and oxygen atoms in total. The minimum Gasteiger partial charge on any atom is -0.371 e. The van der Waals surface area contributed by atoms with Gasteiger partial charge in [0.2, 0.25) is 0 Å². The van der Waals surface area contributed by atoms with Gasteiger partial charge < -0.3 is 9.47 Å². The molecular weight excluding hydrogens is 188 g/mol. The van der Waals surface area contributed by atoms with Crippen molar-refractivity contribution in [3.05, 3.63) is 12.7 Å². The molecule has 0 N–H and O–H groups in total. The summed E-state index contributed by atoms with van der Waals surface area (Å²) in [4.78, 5) is 0. The van der Waals surface area contributed by atoms with E-state index in [0.29, 0.717) is 18.8 Å². The summed E-state index contributed by atoms with van der Waals surface area (Å²) in [6.07, 6.45) is 8.31. The second kappa shape index (κ2) is 2.67. The summed E-state index contributed by atoms with van der Waals surface area (Å²) in [5.41, 5.74) is 0.180. The first kappa shape index (κ1) is 8.77. The van der Waals surface area contributed by atoms with Gasteiger partial charge in [0, 0.05) is 5.92 Å². The van der Waals surface area contributed by atoms with Gasteiger partial charge in [0.25, 0.3) is 0 Å². The lowest BCUT2D eigenvalue weighted by Crippen LogP contribution is -2.40. The second-order valence-corrected chi connectivity index (χ2v) is 5.73. The lowest BCUT2D eigenvalue weighted by Gasteiger charge is -2.36. The molecular formula is C13H18O2. The minimum atomic E-state index is 0.180. The number of rotatable bonds is 3. The standard InChI is InChI=1S/C13H18O2/c1-2-5-14-13-4-3-8(7-13)9-6-10-12(15-10)11(9)13/h2,8-12H,1,3-7H2. The van der Waals surface area contributed by atoms with Crippen molar-refractivity contribution in [1.29, 1.82) is 0 Å². The van der Waals surface area contributed by atoms with Crippen LogP contribution in [-0.4, -0.2) is 24.4 Å². The quantitative estimate of drug-likeness (QED) is 0.521. The molecule has 15 heavy (non-hydrogen) atoms. The Labute approximate surface area is 90.6 Å². The number of ether oxygens (including phenoxy) is 2. The van der Waals surface area contributed by atoms with E-state index in [4.69, 9.17) is 9.47 Å². The molecule has 1 heterocycles. The van der Waals surface area contributed by atoms with Gasteiger partial charge in [0.1, 0.15) is 0 Å². The number of fused-ring (bicyclic) bond motifs is 7. The summed E-state index contributed by atoms with van der Waals surface area (Å²) < 4.78 is 11.9. The zero-order valence-corrected chi connectivity index (χ0v) is 9.02. The first-order valence-corrected chi connectivity index (χ1v) is 6.24. The van der Waals surface area contributed by atoms with Gasteiger partial charge in [-0.1, -0.05) is 6.08 Å². The molecule has 0 aromatic heterocycles. The van der Waals surface area contributed by atoms with Crippen LogP contribution in [0, 0.1) is 17.8 Å². The molecule has 1 saturated heterocycles. The highest BCUT2D eigenvalue weighted by Crippen LogP contribution is 2.67. The molecule has 4 aliphatic rings. The fraction of sp³-hybridized carbons (Fsp3) is 0.846. The molecule has 3 aliphatic carbocycles. The van der Waals surface area contributed by atoms with Gasteiger partial charge in [-0.2, -0.15) is 0 Å². The minimum absolute atomic E-state index is 0.180. The lowest BCUT2D eigenvalue weighted by atomic mass is 9.78. The summed E-state index contributed by atoms with van der Waals surface area (Å²) in [6, 6.07) is 0. The Kier molecular flexibility index (Phi) is 1.56. The van der Waals surface area contributed by atoms with Crippen LogP contribution < -0.4 is 0 Å². The van der Waals surface area contributed by atoms with Crippen molar-refractivity contribution in [3.63, 3.8) is 0 Å². The summed E-state index contributed by atoms with van der Waals surface area (Å²) in [6.45, 7) is 4.47. The molecule has 0 spiro atoms. The van der Waals surface area contributed by atoms with E-state index in [-0.39, 0.29) is 5.60 Å². The van der Waals surface area contributed by atoms with Gasteiger partial charge in [0.05, 0.1) is 24.4 Å².